The van der Waals surface area contributed by atoms with Crippen molar-refractivity contribution in [1.82, 2.24) is 0 Å². The first-order valence-electron chi connectivity index (χ1n) is 4.17. The molecule has 14 heavy (non-hydrogen) atoms. The molecule has 0 fully saturated rings. The van der Waals surface area contributed by atoms with E-state index in [1.807, 2.05) is 18.2 Å². The summed E-state index contributed by atoms with van der Waals surface area (Å²) in [5, 5.41) is 23.4. The van der Waals surface area contributed by atoms with Gasteiger partial charge in [-0.1, -0.05) is 28.5 Å². The monoisotopic (exact) mass is 192 g/mol. The summed E-state index contributed by atoms with van der Waals surface area (Å²) in [4.78, 5) is 0. The lowest BCUT2D eigenvalue weighted by Crippen LogP contribution is -1.99. The van der Waals surface area contributed by atoms with E-state index in [0.717, 1.165) is 11.1 Å². The highest BCUT2D eigenvalue weighted by Gasteiger charge is 2.01. The van der Waals surface area contributed by atoms with Crippen molar-refractivity contribution in [2.75, 3.05) is 0 Å². The Bertz CT molecular complexity index is 350. The number of nitrogens with zero attached hydrogens (tertiary/aromatic N) is 2. The Morgan fingerprint density at radius 2 is 1.43 bits per heavy atom. The van der Waals surface area contributed by atoms with Gasteiger partial charge in [0.1, 0.15) is 0 Å². The molecule has 4 heteroatoms. The Morgan fingerprint density at radius 3 is 1.79 bits per heavy atom. The van der Waals surface area contributed by atoms with Crippen molar-refractivity contribution in [3.63, 3.8) is 0 Å². The third kappa shape index (κ3) is 2.10. The van der Waals surface area contributed by atoms with E-state index in [1.165, 1.54) is 0 Å². The molecule has 0 saturated carbocycles. The molecular formula is C10H12N2O2. The Balaban J connectivity index is 3.14. The van der Waals surface area contributed by atoms with Crippen molar-refractivity contribution in [2.45, 2.75) is 13.8 Å². The lowest BCUT2D eigenvalue weighted by Gasteiger charge is -2.02. The number of benzene rings is 1. The van der Waals surface area contributed by atoms with E-state index in [-0.39, 0.29) is 0 Å². The van der Waals surface area contributed by atoms with Gasteiger partial charge in [0.15, 0.2) is 0 Å². The standard InChI is InChI=1S/C10H12N2O2/c1-7(11-13)9-4-3-5-10(6-9)8(2)12-14/h3-6,13-14H,1-2H3/b11-7+,12-8+. The summed E-state index contributed by atoms with van der Waals surface area (Å²) in [6, 6.07) is 7.25. The molecule has 74 valence electrons. The van der Waals surface area contributed by atoms with Crippen LogP contribution in [0.2, 0.25) is 0 Å². The first-order chi connectivity index (χ1) is 6.69. The fraction of sp³-hybridized carbons (Fsp3) is 0.200. The summed E-state index contributed by atoms with van der Waals surface area (Å²) in [7, 11) is 0. The predicted molar refractivity (Wildman–Crippen MR) is 54.4 cm³/mol. The number of rotatable bonds is 2. The van der Waals surface area contributed by atoms with Gasteiger partial charge in [0.05, 0.1) is 11.4 Å². The van der Waals surface area contributed by atoms with Gasteiger partial charge in [0.25, 0.3) is 0 Å². The maximum atomic E-state index is 8.58. The van der Waals surface area contributed by atoms with E-state index in [4.69, 9.17) is 10.4 Å². The number of oxime groups is 2. The smallest absolute Gasteiger partial charge is 0.0837 e. The Kier molecular flexibility index (Phi) is 3.23. The van der Waals surface area contributed by atoms with Crippen LogP contribution in [-0.2, 0) is 0 Å². The highest BCUT2D eigenvalue weighted by Crippen LogP contribution is 2.07. The highest BCUT2D eigenvalue weighted by molar-refractivity contribution is 6.03. The van der Waals surface area contributed by atoms with Crippen molar-refractivity contribution in [2.24, 2.45) is 10.3 Å². The summed E-state index contributed by atoms with van der Waals surface area (Å²) >= 11 is 0. The lowest BCUT2D eigenvalue weighted by atomic mass is 10.1. The first-order valence-corrected chi connectivity index (χ1v) is 4.17. The van der Waals surface area contributed by atoms with Crippen LogP contribution in [0.1, 0.15) is 25.0 Å². The van der Waals surface area contributed by atoms with Gasteiger partial charge in [0.2, 0.25) is 0 Å². The SMILES string of the molecule is C/C(=N\O)c1cccc(/C(C)=N/O)c1. The summed E-state index contributed by atoms with van der Waals surface area (Å²) < 4.78 is 0. The molecule has 4 nitrogen and oxygen atoms in total. The third-order valence-corrected chi connectivity index (χ3v) is 2.00. The van der Waals surface area contributed by atoms with Gasteiger partial charge in [0, 0.05) is 0 Å². The van der Waals surface area contributed by atoms with Crippen molar-refractivity contribution in [3.8, 4) is 0 Å². The van der Waals surface area contributed by atoms with Crippen molar-refractivity contribution in [1.29, 1.82) is 0 Å². The molecule has 0 unspecified atom stereocenters. The van der Waals surface area contributed by atoms with Crippen LogP contribution in [0.25, 0.3) is 0 Å². The van der Waals surface area contributed by atoms with Crippen LogP contribution in [0.15, 0.2) is 34.6 Å². The molecule has 0 saturated heterocycles. The largest absolute Gasteiger partial charge is 0.411 e. The summed E-state index contributed by atoms with van der Waals surface area (Å²) in [5.74, 6) is 0. The van der Waals surface area contributed by atoms with Gasteiger partial charge in [-0.05, 0) is 31.0 Å². The molecule has 1 aromatic carbocycles. The normalized spacial score (nSPS) is 13.0. The van der Waals surface area contributed by atoms with E-state index in [1.54, 1.807) is 19.9 Å². The van der Waals surface area contributed by atoms with Crippen LogP contribution in [0, 0.1) is 0 Å². The van der Waals surface area contributed by atoms with Gasteiger partial charge in [-0.15, -0.1) is 0 Å². The second-order valence-electron chi connectivity index (χ2n) is 2.95. The Labute approximate surface area is 82.2 Å². The van der Waals surface area contributed by atoms with Crippen LogP contribution in [0.3, 0.4) is 0 Å². The molecule has 1 rings (SSSR count). The van der Waals surface area contributed by atoms with E-state index in [9.17, 15) is 0 Å². The van der Waals surface area contributed by atoms with E-state index < -0.39 is 0 Å². The minimum absolute atomic E-state index is 0.526. The molecule has 0 spiro atoms. The van der Waals surface area contributed by atoms with Crippen LogP contribution in [0.5, 0.6) is 0 Å². The van der Waals surface area contributed by atoms with Crippen molar-refractivity contribution < 1.29 is 10.4 Å². The lowest BCUT2D eigenvalue weighted by molar-refractivity contribution is 0.319. The summed E-state index contributed by atoms with van der Waals surface area (Å²) in [5.41, 5.74) is 2.65. The topological polar surface area (TPSA) is 65.2 Å². The van der Waals surface area contributed by atoms with E-state index in [0.29, 0.717) is 11.4 Å². The quantitative estimate of drug-likeness (QED) is 0.428. The molecule has 0 aliphatic carbocycles. The second-order valence-corrected chi connectivity index (χ2v) is 2.95. The first kappa shape index (κ1) is 10.2. The number of hydrogen-bond donors (Lipinski definition) is 2. The molecule has 0 radical (unpaired) electrons. The zero-order valence-electron chi connectivity index (χ0n) is 8.10. The molecule has 2 N–H and O–H groups in total. The molecule has 0 aromatic heterocycles. The molecule has 0 bridgehead atoms. The minimum Gasteiger partial charge on any atom is -0.411 e. The van der Waals surface area contributed by atoms with Gasteiger partial charge in [-0.2, -0.15) is 0 Å². The summed E-state index contributed by atoms with van der Waals surface area (Å²) in [6.07, 6.45) is 0. The van der Waals surface area contributed by atoms with Crippen molar-refractivity contribution >= 4 is 11.4 Å². The minimum atomic E-state index is 0.526. The Hall–Kier alpha value is -1.84. The van der Waals surface area contributed by atoms with Gasteiger partial charge < -0.3 is 10.4 Å². The van der Waals surface area contributed by atoms with Gasteiger partial charge in [-0.25, -0.2) is 0 Å². The van der Waals surface area contributed by atoms with Crippen LogP contribution in [-0.4, -0.2) is 21.8 Å². The average molecular weight is 192 g/mol. The third-order valence-electron chi connectivity index (χ3n) is 2.00. The molecule has 0 aliphatic heterocycles. The van der Waals surface area contributed by atoms with Crippen LogP contribution >= 0.6 is 0 Å². The number of hydrogen-bond acceptors (Lipinski definition) is 4. The van der Waals surface area contributed by atoms with Crippen LogP contribution in [0.4, 0.5) is 0 Å². The fourth-order valence-electron chi connectivity index (χ4n) is 1.08. The highest BCUT2D eigenvalue weighted by atomic mass is 16.4. The summed E-state index contributed by atoms with van der Waals surface area (Å²) in [6.45, 7) is 3.40. The van der Waals surface area contributed by atoms with Gasteiger partial charge >= 0.3 is 0 Å². The molecule has 0 atom stereocenters. The molecular weight excluding hydrogens is 180 g/mol. The van der Waals surface area contributed by atoms with Gasteiger partial charge in [-0.3, -0.25) is 0 Å². The maximum Gasteiger partial charge on any atom is 0.0837 e. The van der Waals surface area contributed by atoms with Crippen molar-refractivity contribution in [3.05, 3.63) is 35.4 Å². The van der Waals surface area contributed by atoms with E-state index in [2.05, 4.69) is 10.3 Å². The average Bonchev–Trinajstić information content (AvgIpc) is 2.27. The molecule has 0 amide bonds. The maximum absolute atomic E-state index is 8.58. The molecule has 1 aromatic rings. The zero-order chi connectivity index (χ0) is 10.6. The fourth-order valence-corrected chi connectivity index (χ4v) is 1.08. The Morgan fingerprint density at radius 1 is 1.00 bits per heavy atom. The molecule has 0 heterocycles. The molecule has 0 aliphatic rings. The zero-order valence-corrected chi connectivity index (χ0v) is 8.10. The predicted octanol–water partition coefficient (Wildman–Crippen LogP) is 2.08. The second kappa shape index (κ2) is 4.41. The van der Waals surface area contributed by atoms with Crippen LogP contribution < -0.4 is 0 Å². The van der Waals surface area contributed by atoms with E-state index >= 15 is 0 Å².